The van der Waals surface area contributed by atoms with Crippen LogP contribution < -0.4 is 19.5 Å². The third-order valence-corrected chi connectivity index (χ3v) is 4.60. The van der Waals surface area contributed by atoms with Gasteiger partial charge in [-0.15, -0.1) is 0 Å². The fourth-order valence-corrected chi connectivity index (χ4v) is 3.19. The van der Waals surface area contributed by atoms with Gasteiger partial charge in [0.15, 0.2) is 11.5 Å². The quantitative estimate of drug-likeness (QED) is 0.695. The summed E-state index contributed by atoms with van der Waals surface area (Å²) in [5, 5.41) is 3.01. The second-order valence-electron chi connectivity index (χ2n) is 5.76. The molecule has 0 bridgehead atoms. The molecular weight excluding hydrogens is 392 g/mol. The fourth-order valence-electron chi connectivity index (χ4n) is 2.43. The van der Waals surface area contributed by atoms with Crippen molar-refractivity contribution in [2.45, 2.75) is 6.42 Å². The van der Waals surface area contributed by atoms with Crippen molar-refractivity contribution in [1.82, 2.24) is 5.32 Å². The summed E-state index contributed by atoms with van der Waals surface area (Å²) in [6, 6.07) is 9.89. The van der Waals surface area contributed by atoms with Crippen LogP contribution in [0.25, 0.3) is 0 Å². The summed E-state index contributed by atoms with van der Waals surface area (Å²) in [7, 11) is -0.323. The Labute approximate surface area is 163 Å². The molecule has 0 spiro atoms. The lowest BCUT2D eigenvalue weighted by atomic mass is 10.1. The van der Waals surface area contributed by atoms with Crippen molar-refractivity contribution in [3.05, 3.63) is 52.5 Å². The monoisotopic (exact) mass is 412 g/mol. The van der Waals surface area contributed by atoms with Gasteiger partial charge in [-0.1, -0.05) is 17.7 Å². The van der Waals surface area contributed by atoms with Gasteiger partial charge in [-0.2, -0.15) is 0 Å². The summed E-state index contributed by atoms with van der Waals surface area (Å²) >= 11 is 6.06. The molecule has 2 aromatic rings. The van der Waals surface area contributed by atoms with Gasteiger partial charge < -0.3 is 14.8 Å². The molecule has 1 amide bonds. The third kappa shape index (κ3) is 6.04. The van der Waals surface area contributed by atoms with Crippen molar-refractivity contribution in [3.63, 3.8) is 0 Å². The van der Waals surface area contributed by atoms with E-state index in [1.165, 1.54) is 18.2 Å². The highest BCUT2D eigenvalue weighted by molar-refractivity contribution is 7.92. The van der Waals surface area contributed by atoms with Gasteiger partial charge in [-0.05, 0) is 42.3 Å². The maximum atomic E-state index is 12.4. The van der Waals surface area contributed by atoms with Crippen LogP contribution in [-0.4, -0.2) is 41.3 Å². The maximum absolute atomic E-state index is 12.4. The summed E-state index contributed by atoms with van der Waals surface area (Å²) < 4.78 is 35.4. The molecule has 0 atom stereocenters. The second-order valence-corrected chi connectivity index (χ2v) is 7.92. The predicted molar refractivity (Wildman–Crippen MR) is 106 cm³/mol. The Kier molecular flexibility index (Phi) is 6.92. The minimum absolute atomic E-state index is 0.192. The number of nitrogens with one attached hydrogen (secondary N) is 2. The Hall–Kier alpha value is -2.45. The van der Waals surface area contributed by atoms with Gasteiger partial charge in [0.05, 0.1) is 31.1 Å². The molecule has 2 rings (SSSR count). The fraction of sp³-hybridized carbons (Fsp3) is 0.278. The van der Waals surface area contributed by atoms with Crippen LogP contribution in [-0.2, 0) is 16.4 Å². The van der Waals surface area contributed by atoms with E-state index in [4.69, 9.17) is 21.1 Å². The number of carbonyl (C=O) groups excluding carboxylic acids is 1. The second kappa shape index (κ2) is 8.96. The highest BCUT2D eigenvalue weighted by Crippen LogP contribution is 2.27. The van der Waals surface area contributed by atoms with Crippen LogP contribution in [0.4, 0.5) is 5.69 Å². The van der Waals surface area contributed by atoms with Crippen molar-refractivity contribution >= 4 is 33.2 Å². The number of halogens is 1. The van der Waals surface area contributed by atoms with Crippen molar-refractivity contribution < 1.29 is 22.7 Å². The molecule has 9 heteroatoms. The normalized spacial score (nSPS) is 11.0. The van der Waals surface area contributed by atoms with Crippen molar-refractivity contribution in [2.24, 2.45) is 0 Å². The molecule has 0 aliphatic heterocycles. The van der Waals surface area contributed by atoms with E-state index in [9.17, 15) is 13.2 Å². The van der Waals surface area contributed by atoms with E-state index in [2.05, 4.69) is 10.0 Å². The third-order valence-electron chi connectivity index (χ3n) is 3.66. The Balaban J connectivity index is 2.02. The predicted octanol–water partition coefficient (Wildman–Crippen LogP) is 2.70. The van der Waals surface area contributed by atoms with Crippen molar-refractivity contribution in [2.75, 3.05) is 31.7 Å². The summed E-state index contributed by atoms with van der Waals surface area (Å²) in [5.41, 5.74) is 1.43. The highest BCUT2D eigenvalue weighted by atomic mass is 35.5. The Morgan fingerprint density at radius 3 is 2.41 bits per heavy atom. The van der Waals surface area contributed by atoms with E-state index in [0.29, 0.717) is 24.5 Å². The molecule has 2 aromatic carbocycles. The first-order valence-corrected chi connectivity index (χ1v) is 10.3. The lowest BCUT2D eigenvalue weighted by Gasteiger charge is -2.11. The summed E-state index contributed by atoms with van der Waals surface area (Å²) in [6.07, 6.45) is 1.61. The number of rotatable bonds is 8. The van der Waals surface area contributed by atoms with E-state index >= 15 is 0 Å². The van der Waals surface area contributed by atoms with Crippen molar-refractivity contribution in [3.8, 4) is 11.5 Å². The molecule has 0 heterocycles. The average Bonchev–Trinajstić information content (AvgIpc) is 2.61. The zero-order valence-electron chi connectivity index (χ0n) is 15.2. The van der Waals surface area contributed by atoms with Crippen LogP contribution in [0.1, 0.15) is 15.9 Å². The molecule has 0 fully saturated rings. The van der Waals surface area contributed by atoms with Crippen LogP contribution in [0.15, 0.2) is 36.4 Å². The largest absolute Gasteiger partial charge is 0.493 e. The van der Waals surface area contributed by atoms with E-state index in [-0.39, 0.29) is 16.3 Å². The number of benzene rings is 2. The molecule has 27 heavy (non-hydrogen) atoms. The molecule has 146 valence electrons. The number of carbonyl (C=O) groups is 1. The number of methoxy groups -OCH3 is 2. The van der Waals surface area contributed by atoms with E-state index in [1.54, 1.807) is 20.3 Å². The number of sulfonamides is 1. The molecule has 0 aliphatic carbocycles. The van der Waals surface area contributed by atoms with Crippen LogP contribution in [0.3, 0.4) is 0 Å². The van der Waals surface area contributed by atoms with Crippen LogP contribution in [0.2, 0.25) is 5.02 Å². The first-order chi connectivity index (χ1) is 12.7. The smallest absolute Gasteiger partial charge is 0.252 e. The van der Waals surface area contributed by atoms with Crippen molar-refractivity contribution in [1.29, 1.82) is 0 Å². The lowest BCUT2D eigenvalue weighted by Crippen LogP contribution is -2.26. The zero-order valence-corrected chi connectivity index (χ0v) is 16.8. The molecule has 2 N–H and O–H groups in total. The topological polar surface area (TPSA) is 93.7 Å². The van der Waals surface area contributed by atoms with E-state index < -0.39 is 15.9 Å². The molecule has 0 saturated heterocycles. The Morgan fingerprint density at radius 1 is 1.07 bits per heavy atom. The Bertz CT molecular complexity index is 931. The van der Waals surface area contributed by atoms with Gasteiger partial charge in [0.2, 0.25) is 10.0 Å². The van der Waals surface area contributed by atoms with Gasteiger partial charge in [-0.25, -0.2) is 8.42 Å². The van der Waals surface area contributed by atoms with Gasteiger partial charge >= 0.3 is 0 Å². The summed E-state index contributed by atoms with van der Waals surface area (Å²) in [5.74, 6) is 0.855. The van der Waals surface area contributed by atoms with Crippen LogP contribution in [0.5, 0.6) is 11.5 Å². The molecule has 0 aromatic heterocycles. The summed E-state index contributed by atoms with van der Waals surface area (Å²) in [4.78, 5) is 12.4. The Morgan fingerprint density at radius 2 is 1.78 bits per heavy atom. The molecular formula is C18H21ClN2O5S. The first kappa shape index (κ1) is 20.9. The number of amides is 1. The molecule has 0 aliphatic rings. The van der Waals surface area contributed by atoms with E-state index in [1.807, 2.05) is 12.1 Å². The number of hydrogen-bond acceptors (Lipinski definition) is 5. The van der Waals surface area contributed by atoms with Crippen LogP contribution in [0, 0.1) is 0 Å². The minimum atomic E-state index is -3.44. The molecule has 7 nitrogen and oxygen atoms in total. The zero-order chi connectivity index (χ0) is 20.0. The lowest BCUT2D eigenvalue weighted by molar-refractivity contribution is 0.0954. The molecule has 0 saturated carbocycles. The SMILES string of the molecule is COc1ccc(CCNC(=O)c2cc(NS(C)(=O)=O)ccc2Cl)cc1OC. The minimum Gasteiger partial charge on any atom is -0.493 e. The number of anilines is 1. The van der Waals surface area contributed by atoms with Gasteiger partial charge in [0.1, 0.15) is 0 Å². The summed E-state index contributed by atoms with van der Waals surface area (Å²) in [6.45, 7) is 0.369. The first-order valence-electron chi connectivity index (χ1n) is 8.00. The standard InChI is InChI=1S/C18H21ClN2O5S/c1-25-16-7-4-12(10-17(16)26-2)8-9-20-18(22)14-11-13(5-6-15(14)19)21-27(3,23)24/h4-7,10-11,21H,8-9H2,1-3H3,(H,20,22). The van der Waals surface area contributed by atoms with Crippen LogP contribution >= 0.6 is 11.6 Å². The maximum Gasteiger partial charge on any atom is 0.252 e. The van der Waals surface area contributed by atoms with Gasteiger partial charge in [0, 0.05) is 12.2 Å². The highest BCUT2D eigenvalue weighted by Gasteiger charge is 2.13. The number of hydrogen-bond donors (Lipinski definition) is 2. The number of ether oxygens (including phenoxy) is 2. The molecule has 0 radical (unpaired) electrons. The van der Waals surface area contributed by atoms with Gasteiger partial charge in [-0.3, -0.25) is 9.52 Å². The van der Waals surface area contributed by atoms with E-state index in [0.717, 1.165) is 11.8 Å². The average molecular weight is 413 g/mol. The molecule has 0 unspecified atom stereocenters. The van der Waals surface area contributed by atoms with Gasteiger partial charge in [0.25, 0.3) is 5.91 Å².